The van der Waals surface area contributed by atoms with Crippen molar-refractivity contribution in [1.29, 1.82) is 0 Å². The number of carbonyl (C=O) groups excluding carboxylic acids is 2. The fourth-order valence-electron chi connectivity index (χ4n) is 3.03. The molecule has 2 amide bonds. The van der Waals surface area contributed by atoms with Crippen molar-refractivity contribution in [2.24, 2.45) is 0 Å². The number of hydrogen-bond acceptors (Lipinski definition) is 6. The summed E-state index contributed by atoms with van der Waals surface area (Å²) in [7, 11) is 0. The molecule has 0 aliphatic carbocycles. The molecule has 0 atom stereocenters. The molecule has 3 rings (SSSR count). The van der Waals surface area contributed by atoms with Crippen LogP contribution in [0.1, 0.15) is 23.2 Å². The number of pyridine rings is 1. The minimum atomic E-state index is -0.667. The molecule has 0 saturated carbocycles. The lowest BCUT2D eigenvalue weighted by Gasteiger charge is -2.21. The standard InChI is InChI=1S/C18H19N5O5/c24-16(12-22-10-2-1-5-17(22)25)19-20-18(26)14-11-13(23(27)28)6-7-15(14)21-8-3-4-9-21/h1-2,5-7,10-11H,3-4,8-9,12H2,(H,19,24)(H,20,26). The predicted molar refractivity (Wildman–Crippen MR) is 101 cm³/mol. The lowest BCUT2D eigenvalue weighted by atomic mass is 10.1. The number of carbonyl (C=O) groups is 2. The smallest absolute Gasteiger partial charge is 0.272 e. The zero-order valence-electron chi connectivity index (χ0n) is 15.0. The topological polar surface area (TPSA) is 127 Å². The Balaban J connectivity index is 1.72. The van der Waals surface area contributed by atoms with E-state index < -0.39 is 16.7 Å². The third-order valence-corrected chi connectivity index (χ3v) is 4.41. The van der Waals surface area contributed by atoms with E-state index in [1.165, 1.54) is 29.0 Å². The van der Waals surface area contributed by atoms with Crippen LogP contribution in [0.3, 0.4) is 0 Å². The van der Waals surface area contributed by atoms with Crippen LogP contribution in [0.25, 0.3) is 0 Å². The molecule has 0 spiro atoms. The number of hydrazine groups is 1. The van der Waals surface area contributed by atoms with Crippen molar-refractivity contribution in [1.82, 2.24) is 15.4 Å². The number of rotatable bonds is 5. The van der Waals surface area contributed by atoms with Crippen LogP contribution in [-0.2, 0) is 11.3 Å². The Morgan fingerprint density at radius 1 is 1.11 bits per heavy atom. The number of nitrogens with zero attached hydrogens (tertiary/aromatic N) is 3. The van der Waals surface area contributed by atoms with Crippen molar-refractivity contribution >= 4 is 23.2 Å². The number of non-ortho nitro benzene ring substituents is 1. The van der Waals surface area contributed by atoms with E-state index in [0.29, 0.717) is 5.69 Å². The zero-order chi connectivity index (χ0) is 20.1. The minimum Gasteiger partial charge on any atom is -0.371 e. The molecule has 2 heterocycles. The maximum absolute atomic E-state index is 12.6. The van der Waals surface area contributed by atoms with Crippen LogP contribution in [-0.4, -0.2) is 34.4 Å². The first-order valence-electron chi connectivity index (χ1n) is 8.74. The molecule has 1 aliphatic heterocycles. The van der Waals surface area contributed by atoms with Gasteiger partial charge in [0.15, 0.2) is 0 Å². The second-order valence-corrected chi connectivity index (χ2v) is 6.32. The third kappa shape index (κ3) is 4.34. The van der Waals surface area contributed by atoms with Crippen molar-refractivity contribution < 1.29 is 14.5 Å². The van der Waals surface area contributed by atoms with Crippen molar-refractivity contribution in [2.75, 3.05) is 18.0 Å². The fraction of sp³-hybridized carbons (Fsp3) is 0.278. The highest BCUT2D eigenvalue weighted by molar-refractivity contribution is 6.01. The van der Waals surface area contributed by atoms with Crippen LogP contribution in [0.4, 0.5) is 11.4 Å². The Bertz CT molecular complexity index is 965. The lowest BCUT2D eigenvalue weighted by Crippen LogP contribution is -2.44. The van der Waals surface area contributed by atoms with Gasteiger partial charge in [-0.2, -0.15) is 0 Å². The Hall–Kier alpha value is -3.69. The van der Waals surface area contributed by atoms with Gasteiger partial charge in [-0.1, -0.05) is 6.07 Å². The number of amides is 2. The predicted octanol–water partition coefficient (Wildman–Crippen LogP) is 0.818. The zero-order valence-corrected chi connectivity index (χ0v) is 15.0. The van der Waals surface area contributed by atoms with Crippen LogP contribution in [0.5, 0.6) is 0 Å². The molecule has 146 valence electrons. The van der Waals surface area contributed by atoms with Gasteiger partial charge in [0.05, 0.1) is 16.2 Å². The van der Waals surface area contributed by atoms with Crippen LogP contribution in [0.2, 0.25) is 0 Å². The van der Waals surface area contributed by atoms with E-state index in [1.54, 1.807) is 18.2 Å². The highest BCUT2D eigenvalue weighted by atomic mass is 16.6. The van der Waals surface area contributed by atoms with E-state index in [2.05, 4.69) is 10.9 Å². The van der Waals surface area contributed by atoms with Gasteiger partial charge in [0.2, 0.25) is 0 Å². The van der Waals surface area contributed by atoms with E-state index in [1.807, 2.05) is 4.90 Å². The van der Waals surface area contributed by atoms with Gasteiger partial charge in [-0.15, -0.1) is 0 Å². The summed E-state index contributed by atoms with van der Waals surface area (Å²) in [5.41, 5.74) is 4.62. The van der Waals surface area contributed by atoms with E-state index in [-0.39, 0.29) is 23.4 Å². The van der Waals surface area contributed by atoms with Crippen LogP contribution in [0.15, 0.2) is 47.4 Å². The fourth-order valence-corrected chi connectivity index (χ4v) is 3.03. The van der Waals surface area contributed by atoms with Gasteiger partial charge in [0.25, 0.3) is 23.1 Å². The molecule has 0 bridgehead atoms. The van der Waals surface area contributed by atoms with E-state index in [4.69, 9.17) is 0 Å². The molecule has 2 aromatic rings. The molecule has 1 aromatic heterocycles. The monoisotopic (exact) mass is 385 g/mol. The molecule has 1 aliphatic rings. The van der Waals surface area contributed by atoms with Crippen molar-refractivity contribution in [2.45, 2.75) is 19.4 Å². The van der Waals surface area contributed by atoms with Gasteiger partial charge in [-0.25, -0.2) is 0 Å². The number of benzene rings is 1. The molecule has 0 radical (unpaired) electrons. The van der Waals surface area contributed by atoms with Crippen LogP contribution >= 0.6 is 0 Å². The number of nitro benzene ring substituents is 1. The summed E-state index contributed by atoms with van der Waals surface area (Å²) in [5.74, 6) is -1.27. The Morgan fingerprint density at radius 2 is 1.86 bits per heavy atom. The molecule has 28 heavy (non-hydrogen) atoms. The molecule has 2 N–H and O–H groups in total. The Labute approximate surface area is 159 Å². The number of anilines is 1. The molecular formula is C18H19N5O5. The van der Waals surface area contributed by atoms with Crippen molar-refractivity contribution in [3.63, 3.8) is 0 Å². The summed E-state index contributed by atoms with van der Waals surface area (Å²) in [5, 5.41) is 11.1. The summed E-state index contributed by atoms with van der Waals surface area (Å²) < 4.78 is 1.19. The molecule has 10 heteroatoms. The first kappa shape index (κ1) is 19.1. The lowest BCUT2D eigenvalue weighted by molar-refractivity contribution is -0.384. The summed E-state index contributed by atoms with van der Waals surface area (Å²) in [6.07, 6.45) is 3.40. The normalized spacial score (nSPS) is 13.2. The number of hydrogen-bond donors (Lipinski definition) is 2. The second-order valence-electron chi connectivity index (χ2n) is 6.32. The van der Waals surface area contributed by atoms with Gasteiger partial charge in [0.1, 0.15) is 6.54 Å². The second kappa shape index (κ2) is 8.33. The molecule has 1 fully saturated rings. The molecule has 1 aromatic carbocycles. The van der Waals surface area contributed by atoms with Gasteiger partial charge in [0, 0.05) is 37.5 Å². The average molecular weight is 385 g/mol. The molecular weight excluding hydrogens is 366 g/mol. The molecule has 10 nitrogen and oxygen atoms in total. The summed E-state index contributed by atoms with van der Waals surface area (Å²) in [6.45, 7) is 1.23. The summed E-state index contributed by atoms with van der Waals surface area (Å²) in [4.78, 5) is 48.7. The minimum absolute atomic E-state index is 0.105. The van der Waals surface area contributed by atoms with Gasteiger partial charge >= 0.3 is 0 Å². The van der Waals surface area contributed by atoms with Gasteiger partial charge in [-0.3, -0.25) is 35.3 Å². The van der Waals surface area contributed by atoms with Crippen molar-refractivity contribution in [3.05, 3.63) is 68.6 Å². The number of nitro groups is 1. The van der Waals surface area contributed by atoms with Crippen LogP contribution < -0.4 is 21.3 Å². The van der Waals surface area contributed by atoms with E-state index in [9.17, 15) is 24.5 Å². The Morgan fingerprint density at radius 3 is 2.54 bits per heavy atom. The first-order chi connectivity index (χ1) is 13.5. The number of nitrogens with one attached hydrogen (secondary N) is 2. The summed E-state index contributed by atoms with van der Waals surface area (Å²) >= 11 is 0. The number of aromatic nitrogens is 1. The van der Waals surface area contributed by atoms with Gasteiger partial charge in [-0.05, 0) is 25.0 Å². The quantitative estimate of drug-likeness (QED) is 0.579. The SMILES string of the molecule is O=C(Cn1ccccc1=O)NNC(=O)c1cc([N+](=O)[O-])ccc1N1CCCC1. The maximum Gasteiger partial charge on any atom is 0.272 e. The van der Waals surface area contributed by atoms with E-state index in [0.717, 1.165) is 25.9 Å². The van der Waals surface area contributed by atoms with Crippen LogP contribution in [0, 0.1) is 10.1 Å². The van der Waals surface area contributed by atoms with E-state index >= 15 is 0 Å². The summed E-state index contributed by atoms with van der Waals surface area (Å²) in [6, 6.07) is 8.57. The maximum atomic E-state index is 12.6. The van der Waals surface area contributed by atoms with Gasteiger partial charge < -0.3 is 9.47 Å². The highest BCUT2D eigenvalue weighted by Crippen LogP contribution is 2.28. The highest BCUT2D eigenvalue weighted by Gasteiger charge is 2.22. The molecule has 1 saturated heterocycles. The average Bonchev–Trinajstić information content (AvgIpc) is 3.22. The largest absolute Gasteiger partial charge is 0.371 e. The van der Waals surface area contributed by atoms with Crippen molar-refractivity contribution in [3.8, 4) is 0 Å². The first-order valence-corrected chi connectivity index (χ1v) is 8.74. The Kier molecular flexibility index (Phi) is 5.68. The molecule has 0 unspecified atom stereocenters. The third-order valence-electron chi connectivity index (χ3n) is 4.41.